The number of alkyl halides is 2. The highest BCUT2D eigenvalue weighted by Gasteiger charge is 2.37. The van der Waals surface area contributed by atoms with E-state index >= 15 is 0 Å². The van der Waals surface area contributed by atoms with Crippen molar-refractivity contribution >= 4 is 0 Å². The molecule has 0 bridgehead atoms. The number of nitrogens with two attached hydrogens (primary N) is 1. The summed E-state index contributed by atoms with van der Waals surface area (Å²) >= 11 is 0. The van der Waals surface area contributed by atoms with Crippen molar-refractivity contribution in [3.05, 3.63) is 18.2 Å². The minimum atomic E-state index is -2.49. The molecule has 1 fully saturated rings. The summed E-state index contributed by atoms with van der Waals surface area (Å²) in [7, 11) is 1.87. The molecular weight excluding hydrogens is 212 g/mol. The van der Waals surface area contributed by atoms with Gasteiger partial charge in [0.1, 0.15) is 5.82 Å². The Bertz CT molecular complexity index is 352. The largest absolute Gasteiger partial charge is 0.337 e. The van der Waals surface area contributed by atoms with Crippen LogP contribution in [0.5, 0.6) is 0 Å². The van der Waals surface area contributed by atoms with Crippen LogP contribution in [0.25, 0.3) is 0 Å². The van der Waals surface area contributed by atoms with Crippen LogP contribution in [-0.2, 0) is 7.05 Å². The Morgan fingerprint density at radius 1 is 1.50 bits per heavy atom. The van der Waals surface area contributed by atoms with E-state index in [1.807, 2.05) is 17.8 Å². The van der Waals surface area contributed by atoms with Gasteiger partial charge < -0.3 is 10.3 Å². The summed E-state index contributed by atoms with van der Waals surface area (Å²) in [5, 5.41) is 0. The highest BCUT2D eigenvalue weighted by atomic mass is 19.3. The van der Waals surface area contributed by atoms with Crippen molar-refractivity contribution < 1.29 is 8.78 Å². The summed E-state index contributed by atoms with van der Waals surface area (Å²) in [6.45, 7) is 0. The molecule has 1 aliphatic carbocycles. The first-order valence-electron chi connectivity index (χ1n) is 5.60. The average Bonchev–Trinajstić information content (AvgIpc) is 2.63. The maximum atomic E-state index is 13.0. The quantitative estimate of drug-likeness (QED) is 0.845. The molecule has 0 aliphatic heterocycles. The summed E-state index contributed by atoms with van der Waals surface area (Å²) in [5.41, 5.74) is 6.08. The fourth-order valence-electron chi connectivity index (χ4n) is 2.33. The van der Waals surface area contributed by atoms with E-state index < -0.39 is 5.92 Å². The van der Waals surface area contributed by atoms with Crippen LogP contribution in [0.1, 0.15) is 37.5 Å². The standard InChI is InChI=1S/C11H17F2N3/c1-16-7-6-15-10(16)9(14)8-2-4-11(12,13)5-3-8/h6-9H,2-5,14H2,1H3. The van der Waals surface area contributed by atoms with E-state index in [4.69, 9.17) is 5.73 Å². The van der Waals surface area contributed by atoms with Crippen molar-refractivity contribution in [2.45, 2.75) is 37.6 Å². The molecule has 5 heteroatoms. The van der Waals surface area contributed by atoms with Crippen molar-refractivity contribution in [2.75, 3.05) is 0 Å². The lowest BCUT2D eigenvalue weighted by atomic mass is 9.82. The highest BCUT2D eigenvalue weighted by molar-refractivity contribution is 5.01. The number of nitrogens with zero attached hydrogens (tertiary/aromatic N) is 2. The van der Waals surface area contributed by atoms with Crippen LogP contribution in [0.2, 0.25) is 0 Å². The number of rotatable bonds is 2. The number of halogens is 2. The lowest BCUT2D eigenvalue weighted by molar-refractivity contribution is -0.0487. The first kappa shape index (κ1) is 11.5. The van der Waals surface area contributed by atoms with Gasteiger partial charge in [-0.15, -0.1) is 0 Å². The van der Waals surface area contributed by atoms with E-state index in [-0.39, 0.29) is 24.8 Å². The fourth-order valence-corrected chi connectivity index (χ4v) is 2.33. The fraction of sp³-hybridized carbons (Fsp3) is 0.727. The molecular formula is C11H17F2N3. The van der Waals surface area contributed by atoms with E-state index in [9.17, 15) is 8.78 Å². The van der Waals surface area contributed by atoms with Gasteiger partial charge in [0, 0.05) is 32.3 Å². The normalized spacial score (nSPS) is 23.2. The number of hydrogen-bond donors (Lipinski definition) is 1. The second kappa shape index (κ2) is 4.13. The minimum absolute atomic E-state index is 0.0458. The van der Waals surface area contributed by atoms with E-state index in [1.165, 1.54) is 0 Å². The third-order valence-corrected chi connectivity index (χ3v) is 3.43. The molecule has 0 radical (unpaired) electrons. The lowest BCUT2D eigenvalue weighted by Crippen LogP contribution is -2.32. The van der Waals surface area contributed by atoms with Crippen LogP contribution >= 0.6 is 0 Å². The second-order valence-corrected chi connectivity index (χ2v) is 4.62. The van der Waals surface area contributed by atoms with Gasteiger partial charge >= 0.3 is 0 Å². The van der Waals surface area contributed by atoms with Gasteiger partial charge in [-0.2, -0.15) is 0 Å². The van der Waals surface area contributed by atoms with Gasteiger partial charge in [0.2, 0.25) is 5.92 Å². The lowest BCUT2D eigenvalue weighted by Gasteiger charge is -2.31. The predicted molar refractivity (Wildman–Crippen MR) is 57.0 cm³/mol. The van der Waals surface area contributed by atoms with E-state index in [0.717, 1.165) is 5.82 Å². The summed E-state index contributed by atoms with van der Waals surface area (Å²) in [5.74, 6) is -1.58. The monoisotopic (exact) mass is 229 g/mol. The van der Waals surface area contributed by atoms with Gasteiger partial charge in [0.05, 0.1) is 6.04 Å². The maximum Gasteiger partial charge on any atom is 0.248 e. The van der Waals surface area contributed by atoms with Crippen molar-refractivity contribution in [1.82, 2.24) is 9.55 Å². The average molecular weight is 229 g/mol. The first-order valence-corrected chi connectivity index (χ1v) is 5.60. The van der Waals surface area contributed by atoms with Crippen LogP contribution < -0.4 is 5.73 Å². The molecule has 3 nitrogen and oxygen atoms in total. The summed E-state index contributed by atoms with van der Waals surface area (Å²) < 4.78 is 27.9. The van der Waals surface area contributed by atoms with E-state index in [1.54, 1.807) is 6.20 Å². The molecule has 16 heavy (non-hydrogen) atoms. The Hall–Kier alpha value is -0.970. The molecule has 0 saturated heterocycles. The molecule has 0 amide bonds. The highest BCUT2D eigenvalue weighted by Crippen LogP contribution is 2.40. The van der Waals surface area contributed by atoms with Gasteiger partial charge in [-0.1, -0.05) is 0 Å². The van der Waals surface area contributed by atoms with Crippen LogP contribution in [0.4, 0.5) is 8.78 Å². The predicted octanol–water partition coefficient (Wildman–Crippen LogP) is 2.25. The molecule has 2 rings (SSSR count). The Morgan fingerprint density at radius 3 is 2.62 bits per heavy atom. The molecule has 1 atom stereocenters. The molecule has 1 unspecified atom stereocenters. The van der Waals surface area contributed by atoms with Gasteiger partial charge in [-0.05, 0) is 18.8 Å². The number of imidazole rings is 1. The third kappa shape index (κ3) is 2.24. The molecule has 1 aliphatic rings. The number of aromatic nitrogens is 2. The zero-order valence-electron chi connectivity index (χ0n) is 9.37. The van der Waals surface area contributed by atoms with Crippen LogP contribution in [-0.4, -0.2) is 15.5 Å². The summed E-state index contributed by atoms with van der Waals surface area (Å²) in [6, 6.07) is -0.226. The Balaban J connectivity index is 2.02. The van der Waals surface area contributed by atoms with E-state index in [2.05, 4.69) is 4.98 Å². The number of hydrogen-bond acceptors (Lipinski definition) is 2. The van der Waals surface area contributed by atoms with Crippen molar-refractivity contribution in [2.24, 2.45) is 18.7 Å². The zero-order valence-corrected chi connectivity index (χ0v) is 9.37. The zero-order chi connectivity index (χ0) is 11.8. The van der Waals surface area contributed by atoms with Gasteiger partial charge in [0.25, 0.3) is 0 Å². The van der Waals surface area contributed by atoms with Crippen molar-refractivity contribution in [1.29, 1.82) is 0 Å². The molecule has 1 heterocycles. The van der Waals surface area contributed by atoms with Crippen LogP contribution in [0.3, 0.4) is 0 Å². The second-order valence-electron chi connectivity index (χ2n) is 4.62. The number of aryl methyl sites for hydroxylation is 1. The van der Waals surface area contributed by atoms with Gasteiger partial charge in [-0.25, -0.2) is 13.8 Å². The molecule has 1 aromatic rings. The molecule has 0 aromatic carbocycles. The summed E-state index contributed by atoms with van der Waals surface area (Å²) in [4.78, 5) is 4.18. The SMILES string of the molecule is Cn1ccnc1C(N)C1CCC(F)(F)CC1. The van der Waals surface area contributed by atoms with Crippen LogP contribution in [0, 0.1) is 5.92 Å². The molecule has 1 aromatic heterocycles. The third-order valence-electron chi connectivity index (χ3n) is 3.43. The molecule has 0 spiro atoms. The molecule has 90 valence electrons. The minimum Gasteiger partial charge on any atom is -0.337 e. The Labute approximate surface area is 93.7 Å². The maximum absolute atomic E-state index is 13.0. The molecule has 1 saturated carbocycles. The van der Waals surface area contributed by atoms with Gasteiger partial charge in [-0.3, -0.25) is 0 Å². The van der Waals surface area contributed by atoms with Crippen molar-refractivity contribution in [3.63, 3.8) is 0 Å². The molecule has 2 N–H and O–H groups in total. The van der Waals surface area contributed by atoms with Gasteiger partial charge in [0.15, 0.2) is 0 Å². The van der Waals surface area contributed by atoms with E-state index in [0.29, 0.717) is 12.8 Å². The Morgan fingerprint density at radius 2 is 2.12 bits per heavy atom. The van der Waals surface area contributed by atoms with Crippen molar-refractivity contribution in [3.8, 4) is 0 Å². The summed E-state index contributed by atoms with van der Waals surface area (Å²) in [6.07, 6.45) is 4.40. The smallest absolute Gasteiger partial charge is 0.248 e. The Kier molecular flexibility index (Phi) is 2.97. The first-order chi connectivity index (χ1) is 7.49. The topological polar surface area (TPSA) is 43.8 Å². The van der Waals surface area contributed by atoms with Crippen LogP contribution in [0.15, 0.2) is 12.4 Å².